The summed E-state index contributed by atoms with van der Waals surface area (Å²) in [5.41, 5.74) is 5.28. The van der Waals surface area contributed by atoms with E-state index in [0.717, 1.165) is 6.42 Å². The summed E-state index contributed by atoms with van der Waals surface area (Å²) in [6.07, 6.45) is 1.15. The van der Waals surface area contributed by atoms with Crippen molar-refractivity contribution in [3.05, 3.63) is 0 Å². The lowest BCUT2D eigenvalue weighted by Crippen LogP contribution is -2.39. The van der Waals surface area contributed by atoms with Gasteiger partial charge >= 0.3 is 0 Å². The van der Waals surface area contributed by atoms with Gasteiger partial charge in [0.1, 0.15) is 0 Å². The zero-order valence-electron chi connectivity index (χ0n) is 10.5. The molecule has 3 N–H and O–H groups in total. The minimum atomic E-state index is -0.445. The van der Waals surface area contributed by atoms with E-state index in [0.29, 0.717) is 32.8 Å². The molecule has 0 atom stereocenters. The van der Waals surface area contributed by atoms with Gasteiger partial charge in [-0.15, -0.1) is 0 Å². The molecule has 16 heavy (non-hydrogen) atoms. The van der Waals surface area contributed by atoms with Crippen LogP contribution in [0.2, 0.25) is 0 Å². The molecule has 0 radical (unpaired) electrons. The molecule has 0 spiro atoms. The van der Waals surface area contributed by atoms with Crippen LogP contribution in [0, 0.1) is 0 Å². The molecule has 0 aromatic carbocycles. The first-order valence-corrected chi connectivity index (χ1v) is 5.58. The first-order chi connectivity index (χ1) is 7.45. The van der Waals surface area contributed by atoms with Gasteiger partial charge in [0.15, 0.2) is 0 Å². The van der Waals surface area contributed by atoms with Crippen molar-refractivity contribution >= 4 is 5.91 Å². The van der Waals surface area contributed by atoms with Crippen LogP contribution < -0.4 is 11.1 Å². The number of hydrogen-bond acceptors (Lipinski definition) is 4. The smallest absolute Gasteiger partial charge is 0.221 e. The average molecular weight is 232 g/mol. The van der Waals surface area contributed by atoms with Crippen molar-refractivity contribution in [2.24, 2.45) is 5.73 Å². The molecule has 5 nitrogen and oxygen atoms in total. The second-order valence-electron chi connectivity index (χ2n) is 4.47. The Morgan fingerprint density at radius 1 is 1.31 bits per heavy atom. The van der Waals surface area contributed by atoms with Gasteiger partial charge < -0.3 is 20.5 Å². The lowest BCUT2D eigenvalue weighted by molar-refractivity contribution is -0.122. The Hall–Kier alpha value is -0.650. The molecule has 0 heterocycles. The highest BCUT2D eigenvalue weighted by Crippen LogP contribution is 2.02. The van der Waals surface area contributed by atoms with Crippen molar-refractivity contribution in [2.75, 3.05) is 33.5 Å². The molecule has 0 aromatic heterocycles. The average Bonchev–Trinajstić information content (AvgIpc) is 2.13. The normalized spacial score (nSPS) is 11.5. The molecule has 0 aliphatic carbocycles. The summed E-state index contributed by atoms with van der Waals surface area (Å²) in [6.45, 7) is 6.13. The summed E-state index contributed by atoms with van der Waals surface area (Å²) in [5, 5.41) is 2.80. The van der Waals surface area contributed by atoms with Gasteiger partial charge in [-0.3, -0.25) is 4.79 Å². The van der Waals surface area contributed by atoms with Crippen LogP contribution in [0.4, 0.5) is 0 Å². The molecule has 5 heteroatoms. The molecule has 0 fully saturated rings. The number of ether oxygens (including phenoxy) is 2. The molecule has 0 aliphatic heterocycles. The maximum Gasteiger partial charge on any atom is 0.221 e. The number of carbonyl (C=O) groups is 1. The third-order valence-corrected chi connectivity index (χ3v) is 1.84. The van der Waals surface area contributed by atoms with Gasteiger partial charge in [-0.1, -0.05) is 0 Å². The van der Waals surface area contributed by atoms with Crippen molar-refractivity contribution in [1.29, 1.82) is 0 Å². The van der Waals surface area contributed by atoms with Gasteiger partial charge in [0.2, 0.25) is 5.91 Å². The molecule has 0 bridgehead atoms. The second-order valence-corrected chi connectivity index (χ2v) is 4.47. The SMILES string of the molecule is COCCOCCCNC(=O)CC(C)(C)N. The monoisotopic (exact) mass is 232 g/mol. The summed E-state index contributed by atoms with van der Waals surface area (Å²) in [5.74, 6) is -0.00982. The quantitative estimate of drug-likeness (QED) is 0.560. The second kappa shape index (κ2) is 8.50. The molecule has 0 saturated carbocycles. The maximum atomic E-state index is 11.3. The van der Waals surface area contributed by atoms with E-state index in [4.69, 9.17) is 15.2 Å². The van der Waals surface area contributed by atoms with E-state index < -0.39 is 5.54 Å². The summed E-state index contributed by atoms with van der Waals surface area (Å²) >= 11 is 0. The van der Waals surface area contributed by atoms with Gasteiger partial charge in [0.05, 0.1) is 13.2 Å². The minimum absolute atomic E-state index is 0.00982. The zero-order chi connectivity index (χ0) is 12.4. The predicted molar refractivity (Wildman–Crippen MR) is 63.2 cm³/mol. The predicted octanol–water partition coefficient (Wildman–Crippen LogP) is 0.283. The molecule has 0 aromatic rings. The van der Waals surface area contributed by atoms with Gasteiger partial charge in [0, 0.05) is 32.2 Å². The summed E-state index contributed by atoms with van der Waals surface area (Å²) in [4.78, 5) is 11.3. The topological polar surface area (TPSA) is 73.6 Å². The number of rotatable bonds is 9. The Labute approximate surface area is 97.7 Å². The van der Waals surface area contributed by atoms with Crippen LogP contribution in [0.25, 0.3) is 0 Å². The molecule has 0 aliphatic rings. The fourth-order valence-electron chi connectivity index (χ4n) is 1.12. The van der Waals surface area contributed by atoms with Crippen LogP contribution in [0.1, 0.15) is 26.7 Å². The Bertz CT molecular complexity index is 190. The number of nitrogens with two attached hydrogens (primary N) is 1. The Balaban J connectivity index is 3.28. The number of amides is 1. The van der Waals surface area contributed by atoms with Crippen LogP contribution >= 0.6 is 0 Å². The van der Waals surface area contributed by atoms with Gasteiger partial charge in [0.25, 0.3) is 0 Å². The molecule has 1 amide bonds. The Morgan fingerprint density at radius 3 is 2.56 bits per heavy atom. The lowest BCUT2D eigenvalue weighted by atomic mass is 10.0. The minimum Gasteiger partial charge on any atom is -0.382 e. The van der Waals surface area contributed by atoms with E-state index in [-0.39, 0.29) is 5.91 Å². The molecular weight excluding hydrogens is 208 g/mol. The molecule has 0 unspecified atom stereocenters. The third kappa shape index (κ3) is 11.4. The highest BCUT2D eigenvalue weighted by Gasteiger charge is 2.15. The number of carbonyl (C=O) groups excluding carboxylic acids is 1. The number of hydrogen-bond donors (Lipinski definition) is 2. The van der Waals surface area contributed by atoms with Crippen LogP contribution in [-0.2, 0) is 14.3 Å². The molecule has 0 rings (SSSR count). The summed E-state index contributed by atoms with van der Waals surface area (Å²) in [6, 6.07) is 0. The van der Waals surface area contributed by atoms with Crippen LogP contribution in [0.15, 0.2) is 0 Å². The standard InChI is InChI=1S/C11H24N2O3/c1-11(2,12)9-10(14)13-5-4-6-16-8-7-15-3/h4-9,12H2,1-3H3,(H,13,14). The van der Waals surface area contributed by atoms with Crippen molar-refractivity contribution in [2.45, 2.75) is 32.2 Å². The van der Waals surface area contributed by atoms with Crippen LogP contribution in [0.3, 0.4) is 0 Å². The number of nitrogens with one attached hydrogen (secondary N) is 1. The van der Waals surface area contributed by atoms with Gasteiger partial charge in [-0.2, -0.15) is 0 Å². The first-order valence-electron chi connectivity index (χ1n) is 5.58. The van der Waals surface area contributed by atoms with Gasteiger partial charge in [-0.05, 0) is 20.3 Å². The van der Waals surface area contributed by atoms with Crippen molar-refractivity contribution in [1.82, 2.24) is 5.32 Å². The summed E-state index contributed by atoms with van der Waals surface area (Å²) < 4.78 is 10.1. The van der Waals surface area contributed by atoms with Crippen molar-refractivity contribution < 1.29 is 14.3 Å². The first kappa shape index (κ1) is 15.3. The van der Waals surface area contributed by atoms with E-state index in [1.165, 1.54) is 0 Å². The van der Waals surface area contributed by atoms with E-state index in [1.807, 2.05) is 13.8 Å². The van der Waals surface area contributed by atoms with E-state index in [1.54, 1.807) is 7.11 Å². The fourth-order valence-corrected chi connectivity index (χ4v) is 1.12. The highest BCUT2D eigenvalue weighted by atomic mass is 16.5. The van der Waals surface area contributed by atoms with E-state index in [2.05, 4.69) is 5.32 Å². The maximum absolute atomic E-state index is 11.3. The zero-order valence-corrected chi connectivity index (χ0v) is 10.5. The fraction of sp³-hybridized carbons (Fsp3) is 0.909. The van der Waals surface area contributed by atoms with Crippen molar-refractivity contribution in [3.8, 4) is 0 Å². The lowest BCUT2D eigenvalue weighted by Gasteiger charge is -2.17. The summed E-state index contributed by atoms with van der Waals surface area (Å²) in [7, 11) is 1.64. The molecule has 0 saturated heterocycles. The van der Waals surface area contributed by atoms with E-state index in [9.17, 15) is 4.79 Å². The Kier molecular flexibility index (Phi) is 8.15. The molecular formula is C11H24N2O3. The van der Waals surface area contributed by atoms with E-state index >= 15 is 0 Å². The largest absolute Gasteiger partial charge is 0.382 e. The Morgan fingerprint density at radius 2 is 2.00 bits per heavy atom. The van der Waals surface area contributed by atoms with Gasteiger partial charge in [-0.25, -0.2) is 0 Å². The van der Waals surface area contributed by atoms with Crippen molar-refractivity contribution in [3.63, 3.8) is 0 Å². The number of methoxy groups -OCH3 is 1. The third-order valence-electron chi connectivity index (χ3n) is 1.84. The van der Waals surface area contributed by atoms with Crippen LogP contribution in [0.5, 0.6) is 0 Å². The molecule has 96 valence electrons. The van der Waals surface area contributed by atoms with Crippen LogP contribution in [-0.4, -0.2) is 44.9 Å². The highest BCUT2D eigenvalue weighted by molar-refractivity contribution is 5.76.